The van der Waals surface area contributed by atoms with Crippen LogP contribution in [0.4, 0.5) is 0 Å². The van der Waals surface area contributed by atoms with Crippen LogP contribution >= 0.6 is 0 Å². The van der Waals surface area contributed by atoms with Crippen molar-refractivity contribution in [1.82, 2.24) is 0 Å². The van der Waals surface area contributed by atoms with Crippen molar-refractivity contribution in [1.29, 1.82) is 0 Å². The van der Waals surface area contributed by atoms with Gasteiger partial charge in [-0.1, -0.05) is 0 Å². The fraction of sp³-hybridized carbons (Fsp3) is 0.833. The second-order valence-electron chi connectivity index (χ2n) is 5.23. The molecular formula is C12H20CuO14. The molecule has 163 valence electrons. The molecule has 9 N–H and O–H groups in total. The van der Waals surface area contributed by atoms with Crippen molar-refractivity contribution in [2.75, 3.05) is 6.61 Å². The van der Waals surface area contributed by atoms with E-state index in [1.807, 2.05) is 0 Å². The second-order valence-corrected chi connectivity index (χ2v) is 5.23. The summed E-state index contributed by atoms with van der Waals surface area (Å²) in [6.07, 6.45) is -17.1. The zero-order chi connectivity index (χ0) is 20.8. The molecular weight excluding hydrogens is 432 g/mol. The Labute approximate surface area is 162 Å². The average molecular weight is 452 g/mol. The summed E-state index contributed by atoms with van der Waals surface area (Å²) in [6.45, 7) is -0.863. The second kappa shape index (κ2) is 12.5. The molecule has 27 heavy (non-hydrogen) atoms. The Morgan fingerprint density at radius 1 is 0.889 bits per heavy atom. The molecule has 0 saturated carbocycles. The van der Waals surface area contributed by atoms with Crippen LogP contribution in [0.25, 0.3) is 0 Å². The molecule has 0 spiro atoms. The molecule has 1 aliphatic rings. The fourth-order valence-corrected chi connectivity index (χ4v) is 1.72. The van der Waals surface area contributed by atoms with Crippen molar-refractivity contribution in [2.45, 2.75) is 55.1 Å². The molecule has 1 unspecified atom stereocenters. The minimum atomic E-state index is -2.31. The molecule has 0 aromatic heterocycles. The van der Waals surface area contributed by atoms with Crippen LogP contribution in [0.15, 0.2) is 0 Å². The summed E-state index contributed by atoms with van der Waals surface area (Å²) in [5.74, 6) is -3.74. The third-order valence-corrected chi connectivity index (χ3v) is 3.32. The van der Waals surface area contributed by atoms with E-state index in [1.165, 1.54) is 0 Å². The van der Waals surface area contributed by atoms with Crippen LogP contribution < -0.4 is 10.2 Å². The molecule has 1 saturated heterocycles. The summed E-state index contributed by atoms with van der Waals surface area (Å²) in [6, 6.07) is 0. The van der Waals surface area contributed by atoms with Crippen molar-refractivity contribution < 1.29 is 87.6 Å². The predicted molar refractivity (Wildman–Crippen MR) is 70.0 cm³/mol. The van der Waals surface area contributed by atoms with Crippen molar-refractivity contribution in [3.63, 3.8) is 0 Å². The molecule has 9 atom stereocenters. The summed E-state index contributed by atoms with van der Waals surface area (Å²) in [7, 11) is 0. The normalized spacial score (nSPS) is 32.0. The third-order valence-electron chi connectivity index (χ3n) is 3.32. The molecule has 15 heteroatoms. The molecule has 14 nitrogen and oxygen atoms in total. The fourth-order valence-electron chi connectivity index (χ4n) is 1.72. The van der Waals surface area contributed by atoms with E-state index in [-0.39, 0.29) is 17.1 Å². The van der Waals surface area contributed by atoms with Gasteiger partial charge in [-0.2, -0.15) is 0 Å². The Hall–Kier alpha value is -0.941. The van der Waals surface area contributed by atoms with E-state index in [1.54, 1.807) is 0 Å². The van der Waals surface area contributed by atoms with E-state index < -0.39 is 73.7 Å². The largest absolute Gasteiger partial charge is 2.00 e. The van der Waals surface area contributed by atoms with Gasteiger partial charge in [-0.05, 0) is 0 Å². The van der Waals surface area contributed by atoms with Gasteiger partial charge in [0.2, 0.25) is 0 Å². The van der Waals surface area contributed by atoms with E-state index >= 15 is 0 Å². The Bertz CT molecular complexity index is 459. The van der Waals surface area contributed by atoms with E-state index in [4.69, 9.17) is 46.0 Å². The number of hydrogen-bond acceptors (Lipinski definition) is 14. The van der Waals surface area contributed by atoms with Crippen LogP contribution in [-0.2, 0) is 31.4 Å². The van der Waals surface area contributed by atoms with Crippen LogP contribution in [0.1, 0.15) is 0 Å². The first-order valence-corrected chi connectivity index (χ1v) is 6.99. The first kappa shape index (κ1) is 28.3. The Morgan fingerprint density at radius 2 is 1.37 bits per heavy atom. The summed E-state index contributed by atoms with van der Waals surface area (Å²) in [5.41, 5.74) is 0. The van der Waals surface area contributed by atoms with E-state index in [0.29, 0.717) is 0 Å². The number of aliphatic hydroxyl groups excluding tert-OH is 9. The smallest absolute Gasteiger partial charge is 0.547 e. The Morgan fingerprint density at radius 3 is 1.74 bits per heavy atom. The van der Waals surface area contributed by atoms with Gasteiger partial charge in [-0.25, -0.2) is 0 Å². The molecule has 0 aromatic carbocycles. The number of hydrogen-bond donors (Lipinski definition) is 9. The molecule has 1 rings (SSSR count). The summed E-state index contributed by atoms with van der Waals surface area (Å²) in [5, 5.41) is 99.5. The third kappa shape index (κ3) is 7.90. The zero-order valence-corrected chi connectivity index (χ0v) is 14.2. The van der Waals surface area contributed by atoms with Crippen LogP contribution in [0.2, 0.25) is 0 Å². The Kier molecular flexibility index (Phi) is 13.1. The van der Waals surface area contributed by atoms with Gasteiger partial charge >= 0.3 is 17.1 Å². The molecule has 0 amide bonds. The maximum Gasteiger partial charge on any atom is 2.00 e. The number of aliphatic carboxylic acids is 2. The van der Waals surface area contributed by atoms with Gasteiger partial charge in [-0.15, -0.1) is 0 Å². The Balaban J connectivity index is 0. The number of rotatable bonds is 6. The van der Waals surface area contributed by atoms with Gasteiger partial charge in [0.1, 0.15) is 48.8 Å². The minimum absolute atomic E-state index is 0. The number of carboxylic acids is 2. The van der Waals surface area contributed by atoms with Crippen molar-refractivity contribution >= 4 is 11.9 Å². The van der Waals surface area contributed by atoms with Crippen LogP contribution in [0.5, 0.6) is 0 Å². The van der Waals surface area contributed by atoms with E-state index in [9.17, 15) is 19.8 Å². The summed E-state index contributed by atoms with van der Waals surface area (Å²) in [4.78, 5) is 20.2. The van der Waals surface area contributed by atoms with E-state index in [0.717, 1.165) is 0 Å². The molecule has 0 bridgehead atoms. The zero-order valence-electron chi connectivity index (χ0n) is 13.3. The van der Waals surface area contributed by atoms with Crippen molar-refractivity contribution in [3.05, 3.63) is 0 Å². The number of carbonyl (C=O) groups excluding carboxylic acids is 2. The van der Waals surface area contributed by atoms with Crippen molar-refractivity contribution in [2.24, 2.45) is 0 Å². The predicted octanol–water partition coefficient (Wildman–Crippen LogP) is -9.29. The molecule has 1 heterocycles. The average Bonchev–Trinajstić information content (AvgIpc) is 2.60. The van der Waals surface area contributed by atoms with Gasteiger partial charge in [0.25, 0.3) is 0 Å². The van der Waals surface area contributed by atoms with E-state index in [2.05, 4.69) is 4.74 Å². The quantitative estimate of drug-likeness (QED) is 0.169. The summed E-state index contributed by atoms with van der Waals surface area (Å²) >= 11 is 0. The number of ether oxygens (including phenoxy) is 1. The molecule has 0 aromatic rings. The number of carbonyl (C=O) groups is 2. The number of aliphatic hydroxyl groups is 9. The van der Waals surface area contributed by atoms with Gasteiger partial charge in [-0.3, -0.25) is 0 Å². The van der Waals surface area contributed by atoms with Crippen molar-refractivity contribution in [3.8, 4) is 0 Å². The molecule has 1 fully saturated rings. The van der Waals surface area contributed by atoms with Gasteiger partial charge in [0.05, 0.1) is 18.5 Å². The first-order valence-electron chi connectivity index (χ1n) is 6.99. The maximum absolute atomic E-state index is 10.3. The standard InChI is InChI=1S/C6H10O7.C6H12O7.Cu/c7-1-2(8)4(5(10)11)13-6(12)3(1)9;7-1-2(8)3(9)4(10)5(11)6(12)13;/h1-4,6-9,12H,(H,10,11);2-5,7-11H,1H2,(H,12,13);/q;;+2/p-2/t1-,2+,3+,4-,6?;2-,3-,4+,5-;/m00./s1. The molecule has 1 aliphatic heterocycles. The molecule has 1 radical (unpaired) electrons. The summed E-state index contributed by atoms with van der Waals surface area (Å²) < 4.78 is 4.28. The molecule has 0 aliphatic carbocycles. The van der Waals surface area contributed by atoms with Gasteiger partial charge < -0.3 is 70.5 Å². The van der Waals surface area contributed by atoms with Crippen LogP contribution in [0.3, 0.4) is 0 Å². The minimum Gasteiger partial charge on any atom is -0.547 e. The number of carboxylic acid groups (broad SMARTS) is 2. The monoisotopic (exact) mass is 451 g/mol. The van der Waals surface area contributed by atoms with Crippen LogP contribution in [0, 0.1) is 0 Å². The van der Waals surface area contributed by atoms with Gasteiger partial charge in [0, 0.05) is 0 Å². The van der Waals surface area contributed by atoms with Gasteiger partial charge in [0.15, 0.2) is 6.29 Å². The maximum atomic E-state index is 10.3. The topological polar surface area (TPSA) is 272 Å². The first-order chi connectivity index (χ1) is 11.9. The van der Waals surface area contributed by atoms with Crippen LogP contribution in [-0.4, -0.2) is 120 Å². The SMILES string of the molecule is O=C([O-])[C@@H](O)[C@H](O)[C@@H](O)[C@@H](O)CO.O=C([O-])[C@H]1OC(O)[C@H](O)[C@@H](O)[C@H]1O.[Cu+2].